The highest BCUT2D eigenvalue weighted by atomic mass is 35.5. The Labute approximate surface area is 125 Å². The second kappa shape index (κ2) is 5.54. The van der Waals surface area contributed by atoms with Crippen molar-refractivity contribution in [2.45, 2.75) is 6.42 Å². The molecular formula is C15H12ClFN4. The first kappa shape index (κ1) is 13.6. The van der Waals surface area contributed by atoms with E-state index < -0.39 is 0 Å². The van der Waals surface area contributed by atoms with Crippen molar-refractivity contribution < 1.29 is 4.39 Å². The number of anilines is 1. The largest absolute Gasteiger partial charge is 0.398 e. The van der Waals surface area contributed by atoms with E-state index in [2.05, 4.69) is 15.2 Å². The van der Waals surface area contributed by atoms with Gasteiger partial charge in [0.2, 0.25) is 0 Å². The van der Waals surface area contributed by atoms with E-state index in [1.165, 1.54) is 12.1 Å². The molecule has 3 aromatic rings. The van der Waals surface area contributed by atoms with Crippen LogP contribution in [0.3, 0.4) is 0 Å². The monoisotopic (exact) mass is 302 g/mol. The summed E-state index contributed by atoms with van der Waals surface area (Å²) in [6.45, 7) is 0. The molecule has 0 aliphatic carbocycles. The molecule has 0 bridgehead atoms. The number of halogens is 2. The second-order valence-electron chi connectivity index (χ2n) is 4.65. The second-order valence-corrected chi connectivity index (χ2v) is 5.05. The number of H-pyrrole nitrogens is 1. The number of nitrogens with two attached hydrogens (primary N) is 1. The Bertz CT molecular complexity index is 768. The van der Waals surface area contributed by atoms with Crippen LogP contribution in [0.15, 0.2) is 42.5 Å². The summed E-state index contributed by atoms with van der Waals surface area (Å²) in [5.74, 6) is 0.995. The van der Waals surface area contributed by atoms with Crippen molar-refractivity contribution >= 4 is 17.3 Å². The average Bonchev–Trinajstić information content (AvgIpc) is 2.93. The number of aromatic nitrogens is 3. The van der Waals surface area contributed by atoms with Gasteiger partial charge in [0.25, 0.3) is 0 Å². The molecule has 2 aromatic carbocycles. The fraction of sp³-hybridized carbons (Fsp3) is 0.0667. The van der Waals surface area contributed by atoms with E-state index in [1.807, 2.05) is 6.07 Å². The summed E-state index contributed by atoms with van der Waals surface area (Å²) >= 11 is 5.89. The molecule has 3 N–H and O–H groups in total. The first-order chi connectivity index (χ1) is 10.1. The van der Waals surface area contributed by atoms with Crippen LogP contribution in [0.25, 0.3) is 11.4 Å². The number of nitrogen functional groups attached to an aromatic ring is 1. The molecule has 0 amide bonds. The molecular weight excluding hydrogens is 291 g/mol. The molecule has 0 saturated carbocycles. The lowest BCUT2D eigenvalue weighted by Gasteiger charge is -2.00. The molecule has 21 heavy (non-hydrogen) atoms. The Morgan fingerprint density at radius 2 is 1.90 bits per heavy atom. The minimum atomic E-state index is -0.256. The van der Waals surface area contributed by atoms with Gasteiger partial charge in [-0.1, -0.05) is 23.7 Å². The standard InChI is InChI=1S/C15H12ClFN4/c16-12-6-3-10(8-13(12)18)15-19-14(20-21-15)7-9-1-4-11(17)5-2-9/h1-6,8H,7,18H2,(H,19,20,21). The zero-order chi connectivity index (χ0) is 14.8. The van der Waals surface area contributed by atoms with Gasteiger partial charge in [0.15, 0.2) is 5.82 Å². The predicted molar refractivity (Wildman–Crippen MR) is 80.4 cm³/mol. The highest BCUT2D eigenvalue weighted by molar-refractivity contribution is 6.33. The molecule has 6 heteroatoms. The SMILES string of the molecule is Nc1cc(-c2n[nH]c(Cc3ccc(F)cc3)n2)ccc1Cl. The van der Waals surface area contributed by atoms with Crippen molar-refractivity contribution in [2.24, 2.45) is 0 Å². The van der Waals surface area contributed by atoms with Crippen molar-refractivity contribution in [3.63, 3.8) is 0 Å². The maximum absolute atomic E-state index is 12.9. The Balaban J connectivity index is 1.82. The number of hydrogen-bond acceptors (Lipinski definition) is 3. The van der Waals surface area contributed by atoms with Crippen molar-refractivity contribution in [3.8, 4) is 11.4 Å². The first-order valence-electron chi connectivity index (χ1n) is 6.33. The maximum Gasteiger partial charge on any atom is 0.181 e. The summed E-state index contributed by atoms with van der Waals surface area (Å²) < 4.78 is 12.9. The fourth-order valence-electron chi connectivity index (χ4n) is 1.98. The van der Waals surface area contributed by atoms with Crippen LogP contribution in [0.5, 0.6) is 0 Å². The summed E-state index contributed by atoms with van der Waals surface area (Å²) in [6.07, 6.45) is 0.552. The number of benzene rings is 2. The fourth-order valence-corrected chi connectivity index (χ4v) is 2.10. The molecule has 106 valence electrons. The summed E-state index contributed by atoms with van der Waals surface area (Å²) in [4.78, 5) is 4.41. The van der Waals surface area contributed by atoms with Gasteiger partial charge in [-0.05, 0) is 35.9 Å². The molecule has 0 aliphatic heterocycles. The summed E-state index contributed by atoms with van der Waals surface area (Å²) in [5.41, 5.74) is 8.00. The molecule has 0 saturated heterocycles. The lowest BCUT2D eigenvalue weighted by molar-refractivity contribution is 0.627. The highest BCUT2D eigenvalue weighted by Crippen LogP contribution is 2.24. The van der Waals surface area contributed by atoms with Gasteiger partial charge in [-0.2, -0.15) is 5.10 Å². The number of hydrogen-bond donors (Lipinski definition) is 2. The van der Waals surface area contributed by atoms with Gasteiger partial charge in [-0.3, -0.25) is 5.10 Å². The molecule has 0 fully saturated rings. The molecule has 0 atom stereocenters. The van der Waals surface area contributed by atoms with Gasteiger partial charge >= 0.3 is 0 Å². The summed E-state index contributed by atoms with van der Waals surface area (Å²) in [6, 6.07) is 11.5. The molecule has 0 spiro atoms. The predicted octanol–water partition coefficient (Wildman–Crippen LogP) is 3.44. The van der Waals surface area contributed by atoms with Crippen LogP contribution < -0.4 is 5.73 Å². The van der Waals surface area contributed by atoms with Crippen molar-refractivity contribution in [3.05, 3.63) is 64.7 Å². The van der Waals surface area contributed by atoms with Gasteiger partial charge in [-0.25, -0.2) is 9.37 Å². The number of nitrogens with one attached hydrogen (secondary N) is 1. The van der Waals surface area contributed by atoms with Crippen molar-refractivity contribution in [1.82, 2.24) is 15.2 Å². The van der Waals surface area contributed by atoms with E-state index >= 15 is 0 Å². The molecule has 3 rings (SSSR count). The van der Waals surface area contributed by atoms with Crippen LogP contribution in [0.4, 0.5) is 10.1 Å². The molecule has 0 radical (unpaired) electrons. The maximum atomic E-state index is 12.9. The summed E-state index contributed by atoms with van der Waals surface area (Å²) in [5, 5.41) is 7.54. The Hall–Kier alpha value is -2.40. The van der Waals surface area contributed by atoms with Crippen molar-refractivity contribution in [2.75, 3.05) is 5.73 Å². The van der Waals surface area contributed by atoms with Crippen LogP contribution in [0, 0.1) is 5.82 Å². The molecule has 0 unspecified atom stereocenters. The van der Waals surface area contributed by atoms with Crippen LogP contribution in [0.1, 0.15) is 11.4 Å². The minimum absolute atomic E-state index is 0.256. The van der Waals surface area contributed by atoms with E-state index in [0.29, 0.717) is 28.8 Å². The number of rotatable bonds is 3. The van der Waals surface area contributed by atoms with E-state index in [4.69, 9.17) is 17.3 Å². The molecule has 4 nitrogen and oxygen atoms in total. The van der Waals surface area contributed by atoms with E-state index in [1.54, 1.807) is 24.3 Å². The normalized spacial score (nSPS) is 10.8. The Morgan fingerprint density at radius 3 is 2.62 bits per heavy atom. The third kappa shape index (κ3) is 3.03. The topological polar surface area (TPSA) is 67.6 Å². The van der Waals surface area contributed by atoms with Gasteiger partial charge in [-0.15, -0.1) is 0 Å². The van der Waals surface area contributed by atoms with Gasteiger partial charge < -0.3 is 5.73 Å². The van der Waals surface area contributed by atoms with Gasteiger partial charge in [0, 0.05) is 12.0 Å². The quantitative estimate of drug-likeness (QED) is 0.728. The van der Waals surface area contributed by atoms with Crippen LogP contribution in [-0.2, 0) is 6.42 Å². The highest BCUT2D eigenvalue weighted by Gasteiger charge is 2.08. The van der Waals surface area contributed by atoms with Crippen molar-refractivity contribution in [1.29, 1.82) is 0 Å². The van der Waals surface area contributed by atoms with Crippen LogP contribution in [0.2, 0.25) is 5.02 Å². The smallest absolute Gasteiger partial charge is 0.181 e. The summed E-state index contributed by atoms with van der Waals surface area (Å²) in [7, 11) is 0. The van der Waals surface area contributed by atoms with Gasteiger partial charge in [0.05, 0.1) is 10.7 Å². The molecule has 1 heterocycles. The number of aromatic amines is 1. The zero-order valence-corrected chi connectivity index (χ0v) is 11.7. The van der Waals surface area contributed by atoms with E-state index in [0.717, 1.165) is 11.1 Å². The zero-order valence-electron chi connectivity index (χ0n) is 11.0. The lowest BCUT2D eigenvalue weighted by atomic mass is 10.1. The van der Waals surface area contributed by atoms with Crippen LogP contribution >= 0.6 is 11.6 Å². The molecule has 1 aromatic heterocycles. The third-order valence-corrected chi connectivity index (χ3v) is 3.41. The van der Waals surface area contributed by atoms with Crippen LogP contribution in [-0.4, -0.2) is 15.2 Å². The van der Waals surface area contributed by atoms with E-state index in [-0.39, 0.29) is 5.82 Å². The molecule has 0 aliphatic rings. The van der Waals surface area contributed by atoms with Gasteiger partial charge in [0.1, 0.15) is 11.6 Å². The van der Waals surface area contributed by atoms with E-state index in [9.17, 15) is 4.39 Å². The lowest BCUT2D eigenvalue weighted by Crippen LogP contribution is -1.91. The average molecular weight is 303 g/mol. The third-order valence-electron chi connectivity index (χ3n) is 3.07. The first-order valence-corrected chi connectivity index (χ1v) is 6.71. The Morgan fingerprint density at radius 1 is 1.14 bits per heavy atom. The minimum Gasteiger partial charge on any atom is -0.398 e. The Kier molecular flexibility index (Phi) is 3.58. The number of nitrogens with zero attached hydrogens (tertiary/aromatic N) is 2.